The molecule has 1 amide bonds. The summed E-state index contributed by atoms with van der Waals surface area (Å²) in [7, 11) is 0. The lowest BCUT2D eigenvalue weighted by molar-refractivity contribution is -0.127. The smallest absolute Gasteiger partial charge is 0.220 e. The van der Waals surface area contributed by atoms with Crippen LogP contribution in [-0.4, -0.2) is 5.91 Å². The van der Waals surface area contributed by atoms with Crippen LogP contribution < -0.4 is 11.5 Å². The summed E-state index contributed by atoms with van der Waals surface area (Å²) < 4.78 is 0. The lowest BCUT2D eigenvalue weighted by Crippen LogP contribution is -2.42. The fourth-order valence-corrected chi connectivity index (χ4v) is 2.73. The Morgan fingerprint density at radius 1 is 1.57 bits per heavy atom. The molecular weight excluding hydrogens is 196 g/mol. The van der Waals surface area contributed by atoms with Gasteiger partial charge in [0.1, 0.15) is 0 Å². The van der Waals surface area contributed by atoms with Crippen LogP contribution >= 0.6 is 11.3 Å². The number of hydrogen-bond donors (Lipinski definition) is 2. The molecule has 0 spiro atoms. The van der Waals surface area contributed by atoms with Gasteiger partial charge in [0.05, 0.1) is 0 Å². The first-order valence-corrected chi connectivity index (χ1v) is 5.71. The second-order valence-electron chi connectivity index (χ2n) is 3.83. The number of carbonyl (C=O) groups excluding carboxylic acids is 1. The topological polar surface area (TPSA) is 69.1 Å². The maximum atomic E-state index is 11.0. The van der Waals surface area contributed by atoms with Gasteiger partial charge in [0.2, 0.25) is 5.91 Å². The zero-order chi connectivity index (χ0) is 10.1. The van der Waals surface area contributed by atoms with Gasteiger partial charge in [-0.15, -0.1) is 0 Å². The molecule has 3 atom stereocenters. The molecule has 0 aliphatic heterocycles. The van der Waals surface area contributed by atoms with Crippen LogP contribution in [0.25, 0.3) is 0 Å². The quantitative estimate of drug-likeness (QED) is 0.788. The fourth-order valence-electron chi connectivity index (χ4n) is 2.02. The van der Waals surface area contributed by atoms with Crippen LogP contribution in [0.1, 0.15) is 24.4 Å². The van der Waals surface area contributed by atoms with Crippen LogP contribution in [0.4, 0.5) is 0 Å². The SMILES string of the molecule is NC(=O)C1CCC1C(N)c1ccsc1. The maximum Gasteiger partial charge on any atom is 0.220 e. The third-order valence-corrected chi connectivity index (χ3v) is 3.78. The van der Waals surface area contributed by atoms with Crippen molar-refractivity contribution in [2.45, 2.75) is 18.9 Å². The number of rotatable bonds is 3. The first-order chi connectivity index (χ1) is 6.70. The number of thiophene rings is 1. The number of primary amides is 1. The van der Waals surface area contributed by atoms with Crippen LogP contribution in [0, 0.1) is 11.8 Å². The van der Waals surface area contributed by atoms with Gasteiger partial charge in [0.15, 0.2) is 0 Å². The molecule has 0 saturated heterocycles. The van der Waals surface area contributed by atoms with E-state index in [-0.39, 0.29) is 23.8 Å². The van der Waals surface area contributed by atoms with Crippen LogP contribution in [0.15, 0.2) is 16.8 Å². The number of hydrogen-bond acceptors (Lipinski definition) is 3. The van der Waals surface area contributed by atoms with Crippen LogP contribution in [0.2, 0.25) is 0 Å². The van der Waals surface area contributed by atoms with Gasteiger partial charge in [-0.05, 0) is 41.1 Å². The van der Waals surface area contributed by atoms with E-state index in [9.17, 15) is 4.79 Å². The Kier molecular flexibility index (Phi) is 2.56. The van der Waals surface area contributed by atoms with E-state index in [1.807, 2.05) is 16.8 Å². The van der Waals surface area contributed by atoms with Gasteiger partial charge in [-0.3, -0.25) is 4.79 Å². The van der Waals surface area contributed by atoms with E-state index in [1.54, 1.807) is 11.3 Å². The summed E-state index contributed by atoms with van der Waals surface area (Å²) in [5, 5.41) is 4.05. The van der Waals surface area contributed by atoms with Crippen LogP contribution in [0.5, 0.6) is 0 Å². The van der Waals surface area contributed by atoms with Gasteiger partial charge < -0.3 is 11.5 Å². The molecule has 2 rings (SSSR count). The third-order valence-electron chi connectivity index (χ3n) is 3.08. The van der Waals surface area contributed by atoms with E-state index in [4.69, 9.17) is 11.5 Å². The number of nitrogens with two attached hydrogens (primary N) is 2. The van der Waals surface area contributed by atoms with E-state index >= 15 is 0 Å². The first kappa shape index (κ1) is 9.68. The molecule has 0 aromatic carbocycles. The molecular formula is C10H14N2OS. The summed E-state index contributed by atoms with van der Waals surface area (Å²) in [4.78, 5) is 11.0. The minimum absolute atomic E-state index is 0.00935. The Bertz CT molecular complexity index is 323. The van der Waals surface area contributed by atoms with E-state index in [2.05, 4.69) is 0 Å². The number of amides is 1. The van der Waals surface area contributed by atoms with Crippen molar-refractivity contribution in [2.75, 3.05) is 0 Å². The van der Waals surface area contributed by atoms with Crippen molar-refractivity contribution >= 4 is 17.2 Å². The van der Waals surface area contributed by atoms with Crippen molar-refractivity contribution in [3.05, 3.63) is 22.4 Å². The zero-order valence-corrected chi connectivity index (χ0v) is 8.67. The number of carbonyl (C=O) groups is 1. The van der Waals surface area contributed by atoms with Crippen molar-refractivity contribution < 1.29 is 4.79 Å². The molecule has 14 heavy (non-hydrogen) atoms. The molecule has 0 bridgehead atoms. The summed E-state index contributed by atoms with van der Waals surface area (Å²) in [5.74, 6) is 0.0407. The average molecular weight is 210 g/mol. The summed E-state index contributed by atoms with van der Waals surface area (Å²) in [5.41, 5.74) is 12.5. The molecule has 3 nitrogen and oxygen atoms in total. The minimum Gasteiger partial charge on any atom is -0.369 e. The summed E-state index contributed by atoms with van der Waals surface area (Å²) in [6, 6.07) is 2.00. The summed E-state index contributed by atoms with van der Waals surface area (Å²) >= 11 is 1.63. The Labute approximate surface area is 87.1 Å². The molecule has 1 aromatic heterocycles. The standard InChI is InChI=1S/C10H14N2OS/c11-9(6-3-4-14-5-6)7-1-2-8(7)10(12)13/h3-5,7-9H,1-2,11H2,(H2,12,13). The molecule has 4 heteroatoms. The summed E-state index contributed by atoms with van der Waals surface area (Å²) in [6.45, 7) is 0. The van der Waals surface area contributed by atoms with Gasteiger partial charge in [-0.1, -0.05) is 0 Å². The monoisotopic (exact) mass is 210 g/mol. The van der Waals surface area contributed by atoms with E-state index < -0.39 is 0 Å². The van der Waals surface area contributed by atoms with Crippen molar-refractivity contribution in [2.24, 2.45) is 23.3 Å². The third kappa shape index (κ3) is 1.55. The molecule has 76 valence electrons. The van der Waals surface area contributed by atoms with E-state index in [0.717, 1.165) is 18.4 Å². The average Bonchev–Trinajstić information content (AvgIpc) is 2.51. The highest BCUT2D eigenvalue weighted by atomic mass is 32.1. The van der Waals surface area contributed by atoms with E-state index in [1.165, 1.54) is 0 Å². The second kappa shape index (κ2) is 3.71. The molecule has 1 aliphatic rings. The first-order valence-electron chi connectivity index (χ1n) is 4.77. The molecule has 1 fully saturated rings. The van der Waals surface area contributed by atoms with Gasteiger partial charge in [0.25, 0.3) is 0 Å². The maximum absolute atomic E-state index is 11.0. The summed E-state index contributed by atoms with van der Waals surface area (Å²) in [6.07, 6.45) is 1.92. The largest absolute Gasteiger partial charge is 0.369 e. The predicted molar refractivity (Wildman–Crippen MR) is 56.7 cm³/mol. The van der Waals surface area contributed by atoms with Gasteiger partial charge >= 0.3 is 0 Å². The lowest BCUT2D eigenvalue weighted by Gasteiger charge is -2.38. The fraction of sp³-hybridized carbons (Fsp3) is 0.500. The highest BCUT2D eigenvalue weighted by molar-refractivity contribution is 7.07. The van der Waals surface area contributed by atoms with Gasteiger partial charge in [-0.25, -0.2) is 0 Å². The molecule has 0 radical (unpaired) electrons. The highest BCUT2D eigenvalue weighted by Gasteiger charge is 2.39. The van der Waals surface area contributed by atoms with Crippen molar-refractivity contribution in [3.63, 3.8) is 0 Å². The molecule has 1 aromatic rings. The Morgan fingerprint density at radius 2 is 2.36 bits per heavy atom. The van der Waals surface area contributed by atoms with Crippen LogP contribution in [0.3, 0.4) is 0 Å². The van der Waals surface area contributed by atoms with Crippen LogP contribution in [-0.2, 0) is 4.79 Å². The van der Waals surface area contributed by atoms with Gasteiger partial charge in [0, 0.05) is 12.0 Å². The molecule has 4 N–H and O–H groups in total. The molecule has 3 unspecified atom stereocenters. The molecule has 1 aliphatic carbocycles. The molecule has 1 saturated carbocycles. The minimum atomic E-state index is -0.202. The lowest BCUT2D eigenvalue weighted by atomic mass is 9.68. The van der Waals surface area contributed by atoms with Crippen molar-refractivity contribution in [3.8, 4) is 0 Å². The Balaban J connectivity index is 2.06. The Hall–Kier alpha value is -0.870. The van der Waals surface area contributed by atoms with E-state index in [0.29, 0.717) is 0 Å². The van der Waals surface area contributed by atoms with Crippen molar-refractivity contribution in [1.82, 2.24) is 0 Å². The van der Waals surface area contributed by atoms with Crippen molar-refractivity contribution in [1.29, 1.82) is 0 Å². The Morgan fingerprint density at radius 3 is 2.79 bits per heavy atom. The highest BCUT2D eigenvalue weighted by Crippen LogP contribution is 2.41. The normalized spacial score (nSPS) is 28.1. The predicted octanol–water partition coefficient (Wildman–Crippen LogP) is 1.26. The van der Waals surface area contributed by atoms with Gasteiger partial charge in [-0.2, -0.15) is 11.3 Å². The molecule has 1 heterocycles. The second-order valence-corrected chi connectivity index (χ2v) is 4.61. The zero-order valence-electron chi connectivity index (χ0n) is 7.85.